The van der Waals surface area contributed by atoms with Gasteiger partial charge in [0.05, 0.1) is 10.0 Å². The van der Waals surface area contributed by atoms with E-state index in [1.54, 1.807) is 23.1 Å². The van der Waals surface area contributed by atoms with Crippen molar-refractivity contribution < 1.29 is 19.2 Å². The van der Waals surface area contributed by atoms with E-state index < -0.39 is 11.6 Å². The van der Waals surface area contributed by atoms with Crippen LogP contribution in [0.25, 0.3) is 0 Å². The van der Waals surface area contributed by atoms with E-state index in [4.69, 9.17) is 23.2 Å². The molecule has 2 heterocycles. The average molecular weight is 480 g/mol. The highest BCUT2D eigenvalue weighted by molar-refractivity contribution is 6.42. The molecule has 9 heteroatoms. The third-order valence-corrected chi connectivity index (χ3v) is 7.66. The topological polar surface area (TPSA) is 86.8 Å². The second-order valence-electron chi connectivity index (χ2n) is 8.93. The van der Waals surface area contributed by atoms with Gasteiger partial charge in [-0.15, -0.1) is 0 Å². The number of urea groups is 1. The average Bonchev–Trinajstić information content (AvgIpc) is 3.02. The monoisotopic (exact) mass is 479 g/mol. The van der Waals surface area contributed by atoms with Gasteiger partial charge < -0.3 is 10.2 Å². The summed E-state index contributed by atoms with van der Waals surface area (Å²) in [5.74, 6) is -0.460. The number of benzene rings is 1. The first kappa shape index (κ1) is 23.1. The lowest BCUT2D eigenvalue weighted by molar-refractivity contribution is -0.135. The molecule has 0 atom stereocenters. The Morgan fingerprint density at radius 3 is 2.38 bits per heavy atom. The molecule has 3 fully saturated rings. The Balaban J connectivity index is 1.27. The van der Waals surface area contributed by atoms with Crippen LogP contribution in [0.2, 0.25) is 10.0 Å². The van der Waals surface area contributed by atoms with Crippen LogP contribution in [0.4, 0.5) is 4.79 Å². The SMILES string of the molecule is O=C(c1ccc(Cl)c(Cl)c1)C1CCN(C(=O)CCN2C(=O)NC3(CCCCC3)C2=O)CC1. The van der Waals surface area contributed by atoms with Gasteiger partial charge in [0, 0.05) is 37.5 Å². The molecule has 1 aromatic rings. The summed E-state index contributed by atoms with van der Waals surface area (Å²) in [7, 11) is 0. The van der Waals surface area contributed by atoms with Crippen molar-refractivity contribution in [3.8, 4) is 0 Å². The van der Waals surface area contributed by atoms with Crippen LogP contribution in [0.1, 0.15) is 61.7 Å². The van der Waals surface area contributed by atoms with E-state index in [1.165, 1.54) is 4.90 Å². The van der Waals surface area contributed by atoms with Crippen LogP contribution in [-0.2, 0) is 9.59 Å². The summed E-state index contributed by atoms with van der Waals surface area (Å²) in [5, 5.41) is 3.62. The van der Waals surface area contributed by atoms with Crippen LogP contribution in [0.5, 0.6) is 0 Å². The third-order valence-electron chi connectivity index (χ3n) is 6.92. The summed E-state index contributed by atoms with van der Waals surface area (Å²) < 4.78 is 0. The fourth-order valence-corrected chi connectivity index (χ4v) is 5.31. The summed E-state index contributed by atoms with van der Waals surface area (Å²) in [6, 6.07) is 4.48. The first-order chi connectivity index (χ1) is 15.3. The Morgan fingerprint density at radius 2 is 1.72 bits per heavy atom. The summed E-state index contributed by atoms with van der Waals surface area (Å²) in [6.07, 6.45) is 5.50. The minimum absolute atomic E-state index is 0.00720. The van der Waals surface area contributed by atoms with Gasteiger partial charge in [-0.2, -0.15) is 0 Å². The maximum Gasteiger partial charge on any atom is 0.325 e. The second-order valence-corrected chi connectivity index (χ2v) is 9.74. The summed E-state index contributed by atoms with van der Waals surface area (Å²) in [5.41, 5.74) is -0.235. The number of Topliss-reactive ketones (excluding diaryl/α,β-unsaturated/α-hetero) is 1. The molecular formula is C23H27Cl2N3O4. The zero-order chi connectivity index (χ0) is 22.9. The van der Waals surface area contributed by atoms with Crippen LogP contribution in [0.3, 0.4) is 0 Å². The van der Waals surface area contributed by atoms with Crippen molar-refractivity contribution in [1.29, 1.82) is 0 Å². The van der Waals surface area contributed by atoms with Gasteiger partial charge in [-0.05, 0) is 43.9 Å². The van der Waals surface area contributed by atoms with Crippen molar-refractivity contribution in [2.45, 2.75) is 56.9 Å². The van der Waals surface area contributed by atoms with Gasteiger partial charge in [0.15, 0.2) is 5.78 Å². The lowest BCUT2D eigenvalue weighted by Crippen LogP contribution is -2.48. The number of nitrogens with one attached hydrogen (secondary N) is 1. The van der Waals surface area contributed by atoms with Crippen molar-refractivity contribution in [2.75, 3.05) is 19.6 Å². The molecule has 4 amide bonds. The summed E-state index contributed by atoms with van der Waals surface area (Å²) in [6.45, 7) is 1.04. The highest BCUT2D eigenvalue weighted by Gasteiger charge is 2.51. The van der Waals surface area contributed by atoms with Crippen molar-refractivity contribution in [2.24, 2.45) is 5.92 Å². The highest BCUT2D eigenvalue weighted by atomic mass is 35.5. The van der Waals surface area contributed by atoms with Crippen molar-refractivity contribution in [3.63, 3.8) is 0 Å². The Morgan fingerprint density at radius 1 is 1.03 bits per heavy atom. The number of hydrogen-bond acceptors (Lipinski definition) is 4. The lowest BCUT2D eigenvalue weighted by Gasteiger charge is -2.32. The standard InChI is InChI=1S/C23H27Cl2N3O4/c24-17-5-4-16(14-18(17)25)20(30)15-6-11-27(12-7-15)19(29)8-13-28-21(31)23(26-22(28)32)9-2-1-3-10-23/h4-5,14-15H,1-3,6-13H2,(H,26,32). The third kappa shape index (κ3) is 4.50. The zero-order valence-electron chi connectivity index (χ0n) is 17.9. The molecule has 0 unspecified atom stereocenters. The Bertz CT molecular complexity index is 937. The molecule has 32 heavy (non-hydrogen) atoms. The van der Waals surface area contributed by atoms with Crippen molar-refractivity contribution >= 4 is 46.8 Å². The smallest absolute Gasteiger partial charge is 0.325 e. The molecule has 1 N–H and O–H groups in total. The highest BCUT2D eigenvalue weighted by Crippen LogP contribution is 2.34. The predicted octanol–water partition coefficient (Wildman–Crippen LogP) is 4.06. The molecule has 1 spiro atoms. The number of imide groups is 1. The number of likely N-dealkylation sites (tertiary alicyclic amines) is 1. The van der Waals surface area contributed by atoms with Crippen LogP contribution in [-0.4, -0.2) is 58.6 Å². The molecule has 4 rings (SSSR count). The van der Waals surface area contributed by atoms with Gasteiger partial charge in [-0.1, -0.05) is 42.5 Å². The molecule has 0 aromatic heterocycles. The summed E-state index contributed by atoms with van der Waals surface area (Å²) >= 11 is 12.0. The van der Waals surface area contributed by atoms with E-state index >= 15 is 0 Å². The number of nitrogens with zero attached hydrogens (tertiary/aromatic N) is 2. The van der Waals surface area contributed by atoms with E-state index in [2.05, 4.69) is 5.32 Å². The normalized spacial score (nSPS) is 21.2. The van der Waals surface area contributed by atoms with Crippen molar-refractivity contribution in [3.05, 3.63) is 33.8 Å². The Labute approximate surface area is 197 Å². The van der Waals surface area contributed by atoms with Gasteiger partial charge >= 0.3 is 6.03 Å². The Kier molecular flexibility index (Phi) is 6.77. The zero-order valence-corrected chi connectivity index (χ0v) is 19.4. The Hall–Kier alpha value is -2.12. The molecule has 1 aliphatic carbocycles. The van der Waals surface area contributed by atoms with Crippen LogP contribution >= 0.6 is 23.2 Å². The molecule has 172 valence electrons. The fourth-order valence-electron chi connectivity index (χ4n) is 5.02. The van der Waals surface area contributed by atoms with E-state index in [0.29, 0.717) is 54.4 Å². The molecule has 7 nitrogen and oxygen atoms in total. The maximum atomic E-state index is 12.8. The lowest BCUT2D eigenvalue weighted by atomic mass is 9.82. The van der Waals surface area contributed by atoms with Gasteiger partial charge in [0.2, 0.25) is 5.91 Å². The number of amides is 4. The molecule has 2 saturated heterocycles. The van der Waals surface area contributed by atoms with Crippen LogP contribution < -0.4 is 5.32 Å². The first-order valence-electron chi connectivity index (χ1n) is 11.2. The molecule has 1 saturated carbocycles. The summed E-state index contributed by atoms with van der Waals surface area (Å²) in [4.78, 5) is 53.6. The number of piperidine rings is 1. The molecular weight excluding hydrogens is 453 g/mol. The van der Waals surface area contributed by atoms with Crippen LogP contribution in [0, 0.1) is 5.92 Å². The minimum Gasteiger partial charge on any atom is -0.343 e. The molecule has 2 aliphatic heterocycles. The predicted molar refractivity (Wildman–Crippen MR) is 121 cm³/mol. The molecule has 0 bridgehead atoms. The fraction of sp³-hybridized carbons (Fsp3) is 0.565. The molecule has 0 radical (unpaired) electrons. The quantitative estimate of drug-likeness (QED) is 0.509. The van der Waals surface area contributed by atoms with E-state index in [0.717, 1.165) is 19.3 Å². The van der Waals surface area contributed by atoms with E-state index in [9.17, 15) is 19.2 Å². The van der Waals surface area contributed by atoms with Gasteiger partial charge in [0.25, 0.3) is 5.91 Å². The van der Waals surface area contributed by atoms with Gasteiger partial charge in [-0.3, -0.25) is 19.3 Å². The van der Waals surface area contributed by atoms with Crippen LogP contribution in [0.15, 0.2) is 18.2 Å². The van der Waals surface area contributed by atoms with E-state index in [1.807, 2.05) is 0 Å². The second kappa shape index (κ2) is 9.40. The molecule has 1 aromatic carbocycles. The van der Waals surface area contributed by atoms with Gasteiger partial charge in [-0.25, -0.2) is 4.79 Å². The number of hydrogen-bond donors (Lipinski definition) is 1. The first-order valence-corrected chi connectivity index (χ1v) is 12.0. The van der Waals surface area contributed by atoms with Crippen molar-refractivity contribution in [1.82, 2.24) is 15.1 Å². The van der Waals surface area contributed by atoms with Gasteiger partial charge in [0.1, 0.15) is 5.54 Å². The number of rotatable bonds is 5. The largest absolute Gasteiger partial charge is 0.343 e. The molecule has 3 aliphatic rings. The maximum absolute atomic E-state index is 12.8. The number of carbonyl (C=O) groups excluding carboxylic acids is 4. The van der Waals surface area contributed by atoms with E-state index in [-0.39, 0.29) is 36.5 Å². The number of halogens is 2. The number of carbonyl (C=O) groups is 4. The number of ketones is 1. The minimum atomic E-state index is -0.762.